The summed E-state index contributed by atoms with van der Waals surface area (Å²) in [4.78, 5) is 48.7. The number of hydrogen-bond donors (Lipinski definition) is 2. The summed E-state index contributed by atoms with van der Waals surface area (Å²) in [5.74, 6) is -0.648. The molecule has 0 aromatic carbocycles. The lowest BCUT2D eigenvalue weighted by atomic mass is 9.98. The number of ether oxygens (including phenoxy) is 1. The van der Waals surface area contributed by atoms with Crippen molar-refractivity contribution in [1.29, 1.82) is 0 Å². The SMILES string of the molecule is COC(=O)N(C)C(=O)CCCNC(=O)N(O)C(=O)[C@H](CCC(C)C)CSC(C)(C)C. The van der Waals surface area contributed by atoms with Gasteiger partial charge in [0.25, 0.3) is 5.91 Å². The van der Waals surface area contributed by atoms with Crippen molar-refractivity contribution in [1.82, 2.24) is 15.3 Å². The molecule has 0 fully saturated rings. The van der Waals surface area contributed by atoms with Gasteiger partial charge in [-0.3, -0.25) is 19.7 Å². The molecule has 0 aliphatic carbocycles. The molecule has 30 heavy (non-hydrogen) atoms. The summed E-state index contributed by atoms with van der Waals surface area (Å²) in [6.45, 7) is 10.3. The standard InChI is InChI=1S/C20H37N3O6S/c1-14(2)10-11-15(13-30-20(3,4)5)17(25)23(28)18(26)21-12-8-9-16(24)22(6)19(27)29-7/h14-15,28H,8-13H2,1-7H3,(H,21,26)/t15-/m1/s1. The second-order valence-corrected chi connectivity index (χ2v) is 10.3. The highest BCUT2D eigenvalue weighted by Gasteiger charge is 2.29. The summed E-state index contributed by atoms with van der Waals surface area (Å²) in [5.41, 5.74) is 0. The van der Waals surface area contributed by atoms with Gasteiger partial charge in [-0.05, 0) is 18.8 Å². The number of hydroxylamine groups is 2. The first-order valence-corrected chi connectivity index (χ1v) is 11.1. The lowest BCUT2D eigenvalue weighted by molar-refractivity contribution is -0.157. The van der Waals surface area contributed by atoms with Gasteiger partial charge in [-0.15, -0.1) is 5.06 Å². The van der Waals surface area contributed by atoms with Gasteiger partial charge in [-0.1, -0.05) is 41.0 Å². The van der Waals surface area contributed by atoms with Gasteiger partial charge in [0, 0.05) is 36.4 Å². The first-order valence-electron chi connectivity index (χ1n) is 10.1. The monoisotopic (exact) mass is 447 g/mol. The Labute approximate surface area is 183 Å². The number of hydrogen-bond acceptors (Lipinski definition) is 7. The molecule has 0 bridgehead atoms. The molecule has 0 heterocycles. The van der Waals surface area contributed by atoms with Gasteiger partial charge in [-0.2, -0.15) is 11.8 Å². The Morgan fingerprint density at radius 2 is 1.73 bits per heavy atom. The molecular weight excluding hydrogens is 410 g/mol. The van der Waals surface area contributed by atoms with Crippen molar-refractivity contribution in [2.45, 2.75) is 65.0 Å². The van der Waals surface area contributed by atoms with Crippen molar-refractivity contribution in [2.24, 2.45) is 11.8 Å². The van der Waals surface area contributed by atoms with Gasteiger partial charge in [-0.25, -0.2) is 9.59 Å². The molecule has 0 saturated heterocycles. The van der Waals surface area contributed by atoms with Gasteiger partial charge in [0.05, 0.1) is 7.11 Å². The predicted molar refractivity (Wildman–Crippen MR) is 116 cm³/mol. The number of imide groups is 2. The molecule has 0 unspecified atom stereocenters. The largest absolute Gasteiger partial charge is 0.452 e. The van der Waals surface area contributed by atoms with Gasteiger partial charge >= 0.3 is 12.1 Å². The molecule has 9 nitrogen and oxygen atoms in total. The van der Waals surface area contributed by atoms with Crippen LogP contribution in [0.25, 0.3) is 0 Å². The summed E-state index contributed by atoms with van der Waals surface area (Å²) in [6.07, 6.45) is 0.872. The van der Waals surface area contributed by atoms with E-state index in [1.54, 1.807) is 11.8 Å². The lowest BCUT2D eigenvalue weighted by Gasteiger charge is -2.25. The van der Waals surface area contributed by atoms with Crippen LogP contribution in [0.1, 0.15) is 60.3 Å². The summed E-state index contributed by atoms with van der Waals surface area (Å²) in [6, 6.07) is -0.927. The third kappa shape index (κ3) is 11.4. The zero-order valence-electron chi connectivity index (χ0n) is 19.2. The topological polar surface area (TPSA) is 116 Å². The fraction of sp³-hybridized carbons (Fsp3) is 0.800. The molecule has 0 saturated carbocycles. The molecule has 174 valence electrons. The number of rotatable bonds is 10. The van der Waals surface area contributed by atoms with Crippen LogP contribution >= 0.6 is 11.8 Å². The van der Waals surface area contributed by atoms with Crippen LogP contribution in [0.4, 0.5) is 9.59 Å². The maximum absolute atomic E-state index is 12.6. The predicted octanol–water partition coefficient (Wildman–Crippen LogP) is 3.50. The summed E-state index contributed by atoms with van der Waals surface area (Å²) >= 11 is 1.61. The van der Waals surface area contributed by atoms with E-state index in [0.29, 0.717) is 18.1 Å². The Morgan fingerprint density at radius 1 is 1.13 bits per heavy atom. The molecule has 0 aliphatic heterocycles. The molecule has 0 aromatic heterocycles. The number of methoxy groups -OCH3 is 1. The summed E-state index contributed by atoms with van der Waals surface area (Å²) < 4.78 is 4.41. The van der Waals surface area contributed by atoms with Crippen LogP contribution in [-0.4, -0.2) is 70.3 Å². The number of nitrogens with zero attached hydrogens (tertiary/aromatic N) is 2. The van der Waals surface area contributed by atoms with Crippen LogP contribution in [0.3, 0.4) is 0 Å². The van der Waals surface area contributed by atoms with Crippen LogP contribution in [0.5, 0.6) is 0 Å². The second kappa shape index (κ2) is 13.5. The fourth-order valence-corrected chi connectivity index (χ4v) is 3.36. The first-order chi connectivity index (χ1) is 13.8. The van der Waals surface area contributed by atoms with Crippen molar-refractivity contribution in [3.05, 3.63) is 0 Å². The fourth-order valence-electron chi connectivity index (χ4n) is 2.35. The van der Waals surface area contributed by atoms with E-state index < -0.39 is 29.9 Å². The Hall–Kier alpha value is -1.81. The average molecular weight is 448 g/mol. The highest BCUT2D eigenvalue weighted by atomic mass is 32.2. The lowest BCUT2D eigenvalue weighted by Crippen LogP contribution is -2.45. The normalized spacial score (nSPS) is 12.3. The molecule has 10 heteroatoms. The highest BCUT2D eigenvalue weighted by Crippen LogP contribution is 2.28. The molecular formula is C20H37N3O6S. The molecule has 0 radical (unpaired) electrons. The number of urea groups is 1. The van der Waals surface area contributed by atoms with E-state index in [1.165, 1.54) is 14.2 Å². The minimum Gasteiger partial charge on any atom is -0.452 e. The maximum Gasteiger partial charge on any atom is 0.415 e. The Balaban J connectivity index is 4.65. The van der Waals surface area contributed by atoms with E-state index in [-0.39, 0.29) is 29.2 Å². The van der Waals surface area contributed by atoms with Crippen LogP contribution in [0, 0.1) is 11.8 Å². The van der Waals surface area contributed by atoms with Crippen LogP contribution in [0.2, 0.25) is 0 Å². The smallest absolute Gasteiger partial charge is 0.415 e. The Morgan fingerprint density at radius 3 is 2.23 bits per heavy atom. The number of nitrogens with one attached hydrogen (secondary N) is 1. The Bertz CT molecular complexity index is 592. The van der Waals surface area contributed by atoms with E-state index in [0.717, 1.165) is 11.3 Å². The van der Waals surface area contributed by atoms with E-state index >= 15 is 0 Å². The summed E-state index contributed by atoms with van der Waals surface area (Å²) in [5, 5.41) is 12.6. The van der Waals surface area contributed by atoms with E-state index in [4.69, 9.17) is 0 Å². The van der Waals surface area contributed by atoms with Crippen LogP contribution in [0.15, 0.2) is 0 Å². The quantitative estimate of drug-likeness (QED) is 0.299. The van der Waals surface area contributed by atoms with E-state index in [9.17, 15) is 24.4 Å². The molecule has 0 rings (SSSR count). The zero-order valence-corrected chi connectivity index (χ0v) is 20.0. The molecule has 0 aliphatic rings. The third-order valence-corrected chi connectivity index (χ3v) is 5.66. The van der Waals surface area contributed by atoms with Crippen molar-refractivity contribution < 1.29 is 29.1 Å². The van der Waals surface area contributed by atoms with E-state index in [2.05, 4.69) is 23.9 Å². The van der Waals surface area contributed by atoms with Gasteiger partial charge in [0.15, 0.2) is 0 Å². The number of thioether (sulfide) groups is 1. The first kappa shape index (κ1) is 28.2. The van der Waals surface area contributed by atoms with Crippen LogP contribution in [-0.2, 0) is 14.3 Å². The molecule has 0 aromatic rings. The number of carbonyl (C=O) groups excluding carboxylic acids is 4. The number of carbonyl (C=O) groups is 4. The van der Waals surface area contributed by atoms with Crippen molar-refractivity contribution in [3.63, 3.8) is 0 Å². The van der Waals surface area contributed by atoms with Gasteiger partial charge < -0.3 is 10.1 Å². The average Bonchev–Trinajstić information content (AvgIpc) is 2.67. The maximum atomic E-state index is 12.6. The molecule has 2 N–H and O–H groups in total. The molecule has 1 atom stereocenters. The molecule has 5 amide bonds. The van der Waals surface area contributed by atoms with Gasteiger partial charge in [0.1, 0.15) is 0 Å². The van der Waals surface area contributed by atoms with Crippen LogP contribution < -0.4 is 5.32 Å². The Kier molecular flexibility index (Phi) is 12.7. The minimum absolute atomic E-state index is 0.00446. The van der Waals surface area contributed by atoms with Crippen molar-refractivity contribution in [2.75, 3.05) is 26.5 Å². The minimum atomic E-state index is -0.927. The second-order valence-electron chi connectivity index (χ2n) is 8.50. The highest BCUT2D eigenvalue weighted by molar-refractivity contribution is 8.00. The van der Waals surface area contributed by atoms with Crippen molar-refractivity contribution >= 4 is 35.7 Å². The van der Waals surface area contributed by atoms with E-state index in [1.807, 2.05) is 20.8 Å². The third-order valence-electron chi connectivity index (χ3n) is 4.23. The number of amides is 5. The van der Waals surface area contributed by atoms with Gasteiger partial charge in [0.2, 0.25) is 5.91 Å². The summed E-state index contributed by atoms with van der Waals surface area (Å²) in [7, 11) is 2.47. The van der Waals surface area contributed by atoms with Crippen molar-refractivity contribution in [3.8, 4) is 0 Å². The molecule has 0 spiro atoms. The zero-order chi connectivity index (χ0) is 23.5.